The van der Waals surface area contributed by atoms with Crippen LogP contribution in [-0.4, -0.2) is 23.3 Å². The van der Waals surface area contributed by atoms with Crippen LogP contribution in [0.15, 0.2) is 18.3 Å². The topological polar surface area (TPSA) is 34.1 Å². The van der Waals surface area contributed by atoms with E-state index < -0.39 is 0 Å². The lowest BCUT2D eigenvalue weighted by molar-refractivity contribution is 0.366. The Kier molecular flexibility index (Phi) is 10.7. The van der Waals surface area contributed by atoms with Gasteiger partial charge in [0.15, 0.2) is 0 Å². The summed E-state index contributed by atoms with van der Waals surface area (Å²) in [5.41, 5.74) is 1.16. The molecule has 0 amide bonds. The van der Waals surface area contributed by atoms with Crippen LogP contribution >= 0.6 is 12.0 Å². The van der Waals surface area contributed by atoms with Crippen molar-refractivity contribution in [2.24, 2.45) is 0 Å². The molecule has 1 aliphatic carbocycles. The van der Waals surface area contributed by atoms with Crippen LogP contribution in [0.1, 0.15) is 46.1 Å². The van der Waals surface area contributed by atoms with E-state index in [1.54, 1.807) is 0 Å². The average molecular weight is 284 g/mol. The first-order valence-electron chi connectivity index (χ1n) is 7.21. The van der Waals surface area contributed by atoms with Gasteiger partial charge in [-0.1, -0.05) is 33.8 Å². The van der Waals surface area contributed by atoms with Crippen LogP contribution in [0.5, 0.6) is 5.88 Å². The van der Waals surface area contributed by atoms with Gasteiger partial charge in [-0.2, -0.15) is 0 Å². The quantitative estimate of drug-likeness (QED) is 0.839. The number of hydrogen-bond acceptors (Lipinski definition) is 4. The minimum atomic E-state index is 0.616. The highest BCUT2D eigenvalue weighted by molar-refractivity contribution is 7.95. The summed E-state index contributed by atoms with van der Waals surface area (Å²) in [6.07, 6.45) is 4.20. The molecule has 3 nitrogen and oxygen atoms in total. The SMILES string of the molecule is CC.CC.CNC1CC(SOc2ccc(C)cn2)C1. The van der Waals surface area contributed by atoms with E-state index in [1.165, 1.54) is 24.9 Å². The average Bonchev–Trinajstić information content (AvgIpc) is 2.44. The summed E-state index contributed by atoms with van der Waals surface area (Å²) in [6.45, 7) is 10.0. The van der Waals surface area contributed by atoms with Crippen molar-refractivity contribution in [2.45, 2.75) is 58.8 Å². The van der Waals surface area contributed by atoms with Crippen LogP contribution in [0.2, 0.25) is 0 Å². The van der Waals surface area contributed by atoms with E-state index in [0.717, 1.165) is 5.56 Å². The van der Waals surface area contributed by atoms with Gasteiger partial charge in [-0.3, -0.25) is 0 Å². The van der Waals surface area contributed by atoms with Crippen molar-refractivity contribution >= 4 is 12.0 Å². The summed E-state index contributed by atoms with van der Waals surface area (Å²) < 4.78 is 5.54. The van der Waals surface area contributed by atoms with Crippen molar-refractivity contribution in [1.29, 1.82) is 0 Å². The van der Waals surface area contributed by atoms with E-state index >= 15 is 0 Å². The van der Waals surface area contributed by atoms with Crippen LogP contribution in [0.3, 0.4) is 0 Å². The molecule has 1 N–H and O–H groups in total. The molecule has 0 aromatic carbocycles. The third-order valence-electron chi connectivity index (χ3n) is 2.66. The lowest BCUT2D eigenvalue weighted by Crippen LogP contribution is -2.41. The van der Waals surface area contributed by atoms with Crippen LogP contribution in [-0.2, 0) is 0 Å². The van der Waals surface area contributed by atoms with Gasteiger partial charge in [0.1, 0.15) is 0 Å². The second-order valence-electron chi connectivity index (χ2n) is 3.93. The minimum Gasteiger partial charge on any atom is -0.405 e. The smallest absolute Gasteiger partial charge is 0.227 e. The third-order valence-corrected chi connectivity index (χ3v) is 3.58. The molecule has 0 radical (unpaired) electrons. The van der Waals surface area contributed by atoms with Gasteiger partial charge in [-0.15, -0.1) is 0 Å². The van der Waals surface area contributed by atoms with Gasteiger partial charge in [0.2, 0.25) is 5.88 Å². The van der Waals surface area contributed by atoms with Gasteiger partial charge in [0.25, 0.3) is 0 Å². The molecule has 0 unspecified atom stereocenters. The molecule has 19 heavy (non-hydrogen) atoms. The number of hydrogen-bond donors (Lipinski definition) is 1. The third kappa shape index (κ3) is 6.83. The molecule has 1 heterocycles. The Morgan fingerprint density at radius 2 is 1.84 bits per heavy atom. The van der Waals surface area contributed by atoms with Gasteiger partial charge < -0.3 is 9.50 Å². The molecule has 0 atom stereocenters. The Labute approximate surface area is 122 Å². The highest BCUT2D eigenvalue weighted by Gasteiger charge is 2.29. The molecule has 1 aromatic rings. The van der Waals surface area contributed by atoms with Gasteiger partial charge in [0.05, 0.1) is 12.0 Å². The van der Waals surface area contributed by atoms with E-state index in [0.29, 0.717) is 17.2 Å². The van der Waals surface area contributed by atoms with Gasteiger partial charge in [0, 0.05) is 23.6 Å². The molecule has 1 aliphatic rings. The lowest BCUT2D eigenvalue weighted by atomic mass is 9.93. The standard InChI is InChI=1S/C11H16N2OS.2C2H6/c1-8-3-4-11(13-7-8)14-15-10-5-9(6-10)12-2;2*1-2/h3-4,7,9-10,12H,5-6H2,1-2H3;2*1-2H3. The van der Waals surface area contributed by atoms with Crippen LogP contribution in [0.4, 0.5) is 0 Å². The van der Waals surface area contributed by atoms with Crippen molar-refractivity contribution in [2.75, 3.05) is 7.05 Å². The number of aryl methyl sites for hydroxylation is 1. The van der Waals surface area contributed by atoms with Gasteiger partial charge >= 0.3 is 0 Å². The van der Waals surface area contributed by atoms with Crippen LogP contribution in [0.25, 0.3) is 0 Å². The molecular formula is C15H28N2OS. The summed E-state index contributed by atoms with van der Waals surface area (Å²) >= 11 is 1.54. The van der Waals surface area contributed by atoms with Crippen LogP contribution in [0, 0.1) is 6.92 Å². The first-order valence-corrected chi connectivity index (χ1v) is 8.01. The molecule has 0 saturated heterocycles. The maximum absolute atomic E-state index is 5.54. The molecule has 0 aliphatic heterocycles. The number of nitrogens with zero attached hydrogens (tertiary/aromatic N) is 1. The normalized spacial score (nSPS) is 20.1. The molecule has 0 spiro atoms. The predicted molar refractivity (Wildman–Crippen MR) is 85.8 cm³/mol. The zero-order chi connectivity index (χ0) is 14.7. The summed E-state index contributed by atoms with van der Waals surface area (Å²) in [7, 11) is 2.01. The molecule has 1 saturated carbocycles. The first-order chi connectivity index (χ1) is 9.28. The fourth-order valence-electron chi connectivity index (χ4n) is 1.50. The summed E-state index contributed by atoms with van der Waals surface area (Å²) in [5, 5.41) is 3.87. The Morgan fingerprint density at radius 1 is 1.21 bits per heavy atom. The molecule has 1 aromatic heterocycles. The molecule has 0 bridgehead atoms. The fourth-order valence-corrected chi connectivity index (χ4v) is 2.46. The Balaban J connectivity index is 0.000000741. The Morgan fingerprint density at radius 3 is 2.32 bits per heavy atom. The number of nitrogens with one attached hydrogen (secondary N) is 1. The monoisotopic (exact) mass is 284 g/mol. The highest BCUT2D eigenvalue weighted by atomic mass is 32.2. The summed E-state index contributed by atoms with van der Waals surface area (Å²) in [5.74, 6) is 0.707. The highest BCUT2D eigenvalue weighted by Crippen LogP contribution is 2.32. The zero-order valence-electron chi connectivity index (χ0n) is 13.1. The van der Waals surface area contributed by atoms with Crippen molar-refractivity contribution in [3.63, 3.8) is 0 Å². The van der Waals surface area contributed by atoms with E-state index in [1.807, 2.05) is 60.0 Å². The maximum atomic E-state index is 5.54. The van der Waals surface area contributed by atoms with E-state index in [-0.39, 0.29) is 0 Å². The molecule has 110 valence electrons. The second-order valence-corrected chi connectivity index (χ2v) is 4.96. The van der Waals surface area contributed by atoms with Gasteiger partial charge in [-0.25, -0.2) is 4.98 Å². The number of pyridine rings is 1. The van der Waals surface area contributed by atoms with E-state index in [4.69, 9.17) is 4.18 Å². The molecule has 2 rings (SSSR count). The molecular weight excluding hydrogens is 256 g/mol. The van der Waals surface area contributed by atoms with E-state index in [2.05, 4.69) is 10.3 Å². The fraction of sp³-hybridized carbons (Fsp3) is 0.667. The first kappa shape index (κ1) is 18.3. The van der Waals surface area contributed by atoms with Crippen LogP contribution < -0.4 is 9.50 Å². The lowest BCUT2D eigenvalue weighted by Gasteiger charge is -2.33. The second kappa shape index (κ2) is 11.1. The number of rotatable bonds is 4. The number of aromatic nitrogens is 1. The predicted octanol–water partition coefficient (Wildman–Crippen LogP) is 4.22. The van der Waals surface area contributed by atoms with Crippen molar-refractivity contribution in [3.05, 3.63) is 23.9 Å². The van der Waals surface area contributed by atoms with Crippen molar-refractivity contribution < 1.29 is 4.18 Å². The summed E-state index contributed by atoms with van der Waals surface area (Å²) in [6, 6.07) is 4.61. The van der Waals surface area contributed by atoms with E-state index in [9.17, 15) is 0 Å². The van der Waals surface area contributed by atoms with Gasteiger partial charge in [-0.05, 0) is 32.4 Å². The summed E-state index contributed by atoms with van der Waals surface area (Å²) in [4.78, 5) is 4.19. The van der Waals surface area contributed by atoms with Crippen molar-refractivity contribution in [3.8, 4) is 5.88 Å². The Hall–Kier alpha value is -0.740. The molecule has 4 heteroatoms. The Bertz CT molecular complexity index is 310. The largest absolute Gasteiger partial charge is 0.405 e. The van der Waals surface area contributed by atoms with Crippen molar-refractivity contribution in [1.82, 2.24) is 10.3 Å². The molecule has 1 fully saturated rings. The zero-order valence-corrected chi connectivity index (χ0v) is 13.9. The maximum Gasteiger partial charge on any atom is 0.227 e. The minimum absolute atomic E-state index is 0.616.